The highest BCUT2D eigenvalue weighted by Crippen LogP contribution is 2.35. The zero-order valence-electron chi connectivity index (χ0n) is 11.5. The number of aromatic amines is 2. The molecule has 0 saturated heterocycles. The van der Waals surface area contributed by atoms with Crippen molar-refractivity contribution in [2.75, 3.05) is 0 Å². The maximum atomic E-state index is 11.8. The molecule has 1 aromatic carbocycles. The molecule has 106 valence electrons. The minimum atomic E-state index is -0.569. The monoisotopic (exact) mass is 283 g/mol. The van der Waals surface area contributed by atoms with E-state index >= 15 is 0 Å². The summed E-state index contributed by atoms with van der Waals surface area (Å²) in [4.78, 5) is 14.6. The molecule has 1 amide bonds. The predicted molar refractivity (Wildman–Crippen MR) is 76.9 cm³/mol. The molecule has 3 rings (SSSR count). The molecular weight excluding hydrogens is 270 g/mol. The Bertz CT molecular complexity index is 860. The zero-order valence-corrected chi connectivity index (χ0v) is 11.5. The van der Waals surface area contributed by atoms with Gasteiger partial charge in [0.05, 0.1) is 5.52 Å². The number of hydrogen-bond acceptors (Lipinski definition) is 4. The van der Waals surface area contributed by atoms with Crippen LogP contribution in [0, 0.1) is 13.8 Å². The molecule has 0 atom stereocenters. The maximum absolute atomic E-state index is 11.8. The quantitative estimate of drug-likeness (QED) is 0.629. The third-order valence-corrected chi connectivity index (χ3v) is 3.07. The molecule has 0 spiro atoms. The second-order valence-electron chi connectivity index (χ2n) is 4.81. The highest BCUT2D eigenvalue weighted by molar-refractivity contribution is 5.96. The summed E-state index contributed by atoms with van der Waals surface area (Å²) in [6.45, 7) is 3.72. The van der Waals surface area contributed by atoms with Crippen molar-refractivity contribution in [1.82, 2.24) is 15.2 Å². The summed E-state index contributed by atoms with van der Waals surface area (Å²) < 4.78 is 0. The summed E-state index contributed by atoms with van der Waals surface area (Å²) in [7, 11) is 0. The van der Waals surface area contributed by atoms with Crippen molar-refractivity contribution in [2.45, 2.75) is 13.8 Å². The molecule has 0 bridgehead atoms. The van der Waals surface area contributed by atoms with Crippen LogP contribution in [-0.4, -0.2) is 26.2 Å². The summed E-state index contributed by atoms with van der Waals surface area (Å²) >= 11 is 0. The van der Waals surface area contributed by atoms with E-state index < -0.39 is 5.91 Å². The first-order valence-corrected chi connectivity index (χ1v) is 6.34. The van der Waals surface area contributed by atoms with Gasteiger partial charge >= 0.3 is 5.91 Å². The number of nitrogens with one attached hydrogen (secondary N) is 2. The number of aryl methyl sites for hydroxylation is 2. The van der Waals surface area contributed by atoms with E-state index in [1.165, 1.54) is 0 Å². The average molecular weight is 283 g/mol. The van der Waals surface area contributed by atoms with Gasteiger partial charge in [0.15, 0.2) is 11.4 Å². The Hall–Kier alpha value is -2.96. The molecular formula is C14H13N5O2. The molecule has 0 aliphatic heterocycles. The lowest BCUT2D eigenvalue weighted by molar-refractivity contribution is 0.0990. The number of fused-ring (bicyclic) bond motifs is 1. The fourth-order valence-corrected chi connectivity index (χ4v) is 2.05. The summed E-state index contributed by atoms with van der Waals surface area (Å²) in [5, 5.41) is 24.5. The zero-order chi connectivity index (χ0) is 15.0. The minimum Gasteiger partial charge on any atom is -0.493 e. The van der Waals surface area contributed by atoms with E-state index in [9.17, 15) is 9.90 Å². The lowest BCUT2D eigenvalue weighted by Crippen LogP contribution is -1.93. The average Bonchev–Trinajstić information content (AvgIpc) is 3.00. The molecule has 7 heteroatoms. The number of aromatic nitrogens is 3. The Kier molecular flexibility index (Phi) is 3.02. The van der Waals surface area contributed by atoms with Crippen molar-refractivity contribution < 1.29 is 9.90 Å². The summed E-state index contributed by atoms with van der Waals surface area (Å²) in [6, 6.07) is 7.20. The number of nitrogens with zero attached hydrogens (tertiary/aromatic N) is 3. The van der Waals surface area contributed by atoms with Crippen molar-refractivity contribution in [3.8, 4) is 5.88 Å². The molecule has 2 aromatic heterocycles. The van der Waals surface area contributed by atoms with E-state index in [1.807, 2.05) is 25.1 Å². The fraction of sp³-hybridized carbons (Fsp3) is 0.143. The molecule has 0 aliphatic rings. The van der Waals surface area contributed by atoms with Crippen molar-refractivity contribution >= 4 is 22.5 Å². The lowest BCUT2D eigenvalue weighted by Gasteiger charge is -1.93. The number of carbonyl (C=O) groups is 1. The van der Waals surface area contributed by atoms with Crippen LogP contribution in [0.5, 0.6) is 5.88 Å². The summed E-state index contributed by atoms with van der Waals surface area (Å²) in [5.74, 6) is -0.689. The molecule has 0 unspecified atom stereocenters. The van der Waals surface area contributed by atoms with Gasteiger partial charge < -0.3 is 10.1 Å². The first-order valence-electron chi connectivity index (χ1n) is 6.34. The van der Waals surface area contributed by atoms with Crippen LogP contribution in [0.15, 0.2) is 34.5 Å². The van der Waals surface area contributed by atoms with Gasteiger partial charge in [-0.3, -0.25) is 9.89 Å². The largest absolute Gasteiger partial charge is 0.493 e. The molecule has 2 heterocycles. The van der Waals surface area contributed by atoms with E-state index in [4.69, 9.17) is 0 Å². The highest BCUT2D eigenvalue weighted by Gasteiger charge is 2.12. The van der Waals surface area contributed by atoms with Gasteiger partial charge in [0, 0.05) is 11.1 Å². The normalized spacial score (nSPS) is 11.5. The van der Waals surface area contributed by atoms with Gasteiger partial charge in [-0.05, 0) is 32.0 Å². The van der Waals surface area contributed by atoms with Gasteiger partial charge in [-0.25, -0.2) is 0 Å². The Morgan fingerprint density at radius 1 is 1.29 bits per heavy atom. The molecule has 0 radical (unpaired) electrons. The third kappa shape index (κ3) is 2.40. The van der Waals surface area contributed by atoms with Gasteiger partial charge in [0.1, 0.15) is 0 Å². The SMILES string of the molecule is Cc1ccc2[nH]c(O)c(N=NC(=O)c3cc(C)[nH]n3)c2c1. The number of amides is 1. The number of H-pyrrole nitrogens is 2. The first kappa shape index (κ1) is 13.0. The van der Waals surface area contributed by atoms with E-state index in [0.29, 0.717) is 5.39 Å². The van der Waals surface area contributed by atoms with Crippen LogP contribution in [0.1, 0.15) is 21.7 Å². The van der Waals surface area contributed by atoms with Crippen molar-refractivity contribution in [1.29, 1.82) is 0 Å². The van der Waals surface area contributed by atoms with Crippen molar-refractivity contribution in [3.63, 3.8) is 0 Å². The van der Waals surface area contributed by atoms with E-state index in [0.717, 1.165) is 16.8 Å². The predicted octanol–water partition coefficient (Wildman–Crippen LogP) is 3.14. The van der Waals surface area contributed by atoms with Crippen molar-refractivity contribution in [3.05, 3.63) is 41.2 Å². The summed E-state index contributed by atoms with van der Waals surface area (Å²) in [6.07, 6.45) is 0. The van der Waals surface area contributed by atoms with Crippen LogP contribution in [0.2, 0.25) is 0 Å². The number of carbonyl (C=O) groups excluding carboxylic acids is 1. The van der Waals surface area contributed by atoms with E-state index in [-0.39, 0.29) is 17.3 Å². The van der Waals surface area contributed by atoms with Crippen LogP contribution in [0.4, 0.5) is 5.69 Å². The standard InChI is InChI=1S/C14H13N5O2/c1-7-3-4-10-9(5-7)12(14(21)15-10)18-19-13(20)11-6-8(2)16-17-11/h3-6,15,21H,1-2H3,(H,16,17). The van der Waals surface area contributed by atoms with Crippen LogP contribution in [0.3, 0.4) is 0 Å². The fourth-order valence-electron chi connectivity index (χ4n) is 2.05. The minimum absolute atomic E-state index is 0.120. The van der Waals surface area contributed by atoms with Crippen LogP contribution >= 0.6 is 0 Å². The van der Waals surface area contributed by atoms with Crippen LogP contribution in [-0.2, 0) is 0 Å². The Morgan fingerprint density at radius 3 is 2.81 bits per heavy atom. The highest BCUT2D eigenvalue weighted by atomic mass is 16.3. The molecule has 0 fully saturated rings. The van der Waals surface area contributed by atoms with E-state index in [2.05, 4.69) is 25.4 Å². The van der Waals surface area contributed by atoms with Gasteiger partial charge in [0.2, 0.25) is 5.88 Å². The van der Waals surface area contributed by atoms with Gasteiger partial charge in [-0.1, -0.05) is 11.6 Å². The smallest absolute Gasteiger partial charge is 0.315 e. The number of benzene rings is 1. The topological polar surface area (TPSA) is 106 Å². The molecule has 3 aromatic rings. The third-order valence-electron chi connectivity index (χ3n) is 3.07. The van der Waals surface area contributed by atoms with Crippen molar-refractivity contribution in [2.24, 2.45) is 10.2 Å². The number of azo groups is 1. The van der Waals surface area contributed by atoms with Gasteiger partial charge in [0.25, 0.3) is 0 Å². The Balaban J connectivity index is 1.97. The lowest BCUT2D eigenvalue weighted by atomic mass is 10.2. The Labute approximate surface area is 119 Å². The number of rotatable bonds is 2. The molecule has 3 N–H and O–H groups in total. The molecule has 21 heavy (non-hydrogen) atoms. The second kappa shape index (κ2) is 4.86. The number of hydrogen-bond donors (Lipinski definition) is 3. The van der Waals surface area contributed by atoms with E-state index in [1.54, 1.807) is 13.0 Å². The molecule has 7 nitrogen and oxygen atoms in total. The first-order chi connectivity index (χ1) is 10.0. The Morgan fingerprint density at radius 2 is 2.10 bits per heavy atom. The maximum Gasteiger partial charge on any atom is 0.315 e. The molecule has 0 saturated carbocycles. The summed E-state index contributed by atoms with van der Waals surface area (Å²) in [5.41, 5.74) is 2.95. The van der Waals surface area contributed by atoms with Gasteiger partial charge in [-0.2, -0.15) is 5.10 Å². The van der Waals surface area contributed by atoms with Crippen LogP contribution < -0.4 is 0 Å². The van der Waals surface area contributed by atoms with Gasteiger partial charge in [-0.15, -0.1) is 10.2 Å². The second-order valence-corrected chi connectivity index (χ2v) is 4.81. The molecule has 0 aliphatic carbocycles. The number of aromatic hydroxyl groups is 1. The van der Waals surface area contributed by atoms with Crippen LogP contribution in [0.25, 0.3) is 10.9 Å².